The zero-order valence-corrected chi connectivity index (χ0v) is 15.6. The fraction of sp³-hybridized carbons (Fsp3) is 0.381. The summed E-state index contributed by atoms with van der Waals surface area (Å²) in [5.74, 6) is 0.912. The van der Waals surface area contributed by atoms with E-state index in [1.807, 2.05) is 0 Å². The fourth-order valence-electron chi connectivity index (χ4n) is 3.76. The highest BCUT2D eigenvalue weighted by molar-refractivity contribution is 5.77. The number of nitrogens with one attached hydrogen (secondary N) is 1. The molecule has 2 heterocycles. The molecule has 0 spiro atoms. The van der Waals surface area contributed by atoms with E-state index in [-0.39, 0.29) is 12.4 Å². The molecule has 28 heavy (non-hydrogen) atoms. The Hall–Kier alpha value is -2.83. The molecule has 0 radical (unpaired) electrons. The minimum atomic E-state index is -0.510. The summed E-state index contributed by atoms with van der Waals surface area (Å²) in [6.07, 6.45) is 8.35. The van der Waals surface area contributed by atoms with Crippen LogP contribution in [0, 0.1) is 11.7 Å². The zero-order chi connectivity index (χ0) is 19.3. The van der Waals surface area contributed by atoms with Crippen molar-refractivity contribution >= 4 is 5.95 Å². The monoisotopic (exact) mass is 383 g/mol. The molecule has 0 amide bonds. The number of alkyl halides is 1. The fourth-order valence-corrected chi connectivity index (χ4v) is 3.76. The van der Waals surface area contributed by atoms with Crippen LogP contribution in [0.3, 0.4) is 0 Å². The lowest BCUT2D eigenvalue weighted by atomic mass is 10.1. The highest BCUT2D eigenvalue weighted by Gasteiger charge is 2.18. The number of nitrogens with zero attached hydrogens (tertiary/aromatic N) is 4. The molecule has 0 aliphatic heterocycles. The molecule has 1 aliphatic rings. The summed E-state index contributed by atoms with van der Waals surface area (Å²) >= 11 is 0. The second-order valence-corrected chi connectivity index (χ2v) is 7.13. The van der Waals surface area contributed by atoms with E-state index in [4.69, 9.17) is 0 Å². The largest absolute Gasteiger partial charge is 0.354 e. The summed E-state index contributed by atoms with van der Waals surface area (Å²) in [4.78, 5) is 13.4. The van der Waals surface area contributed by atoms with E-state index < -0.39 is 6.67 Å². The van der Waals surface area contributed by atoms with Gasteiger partial charge in [0.15, 0.2) is 0 Å². The van der Waals surface area contributed by atoms with Crippen LogP contribution in [0.15, 0.2) is 42.9 Å². The van der Waals surface area contributed by atoms with Crippen LogP contribution in [0.5, 0.6) is 0 Å². The van der Waals surface area contributed by atoms with Crippen molar-refractivity contribution in [3.05, 3.63) is 48.7 Å². The first kappa shape index (κ1) is 18.5. The van der Waals surface area contributed by atoms with Gasteiger partial charge in [0.1, 0.15) is 12.5 Å². The minimum Gasteiger partial charge on any atom is -0.354 e. The van der Waals surface area contributed by atoms with Gasteiger partial charge in [0.25, 0.3) is 0 Å². The second kappa shape index (κ2) is 8.46. The van der Waals surface area contributed by atoms with Crippen molar-refractivity contribution in [3.63, 3.8) is 0 Å². The zero-order valence-electron chi connectivity index (χ0n) is 15.6. The number of hydrogen-bond donors (Lipinski definition) is 1. The van der Waals surface area contributed by atoms with E-state index in [1.54, 1.807) is 35.3 Å². The van der Waals surface area contributed by atoms with E-state index in [0.717, 1.165) is 12.1 Å². The molecule has 0 atom stereocenters. The van der Waals surface area contributed by atoms with E-state index in [9.17, 15) is 8.78 Å². The maximum atomic E-state index is 13.3. The van der Waals surface area contributed by atoms with Crippen molar-refractivity contribution in [3.8, 4) is 22.6 Å². The molecular formula is C21H23F2N5. The van der Waals surface area contributed by atoms with Crippen LogP contribution >= 0.6 is 0 Å². The van der Waals surface area contributed by atoms with Crippen LogP contribution in [-0.4, -0.2) is 32.7 Å². The number of rotatable bonds is 7. The Kier molecular flexibility index (Phi) is 5.60. The Labute approximate surface area is 162 Å². The molecule has 1 aromatic carbocycles. The average molecular weight is 383 g/mol. The van der Waals surface area contributed by atoms with Gasteiger partial charge in [-0.25, -0.2) is 23.7 Å². The molecule has 146 valence electrons. The van der Waals surface area contributed by atoms with Crippen LogP contribution in [0.4, 0.5) is 14.7 Å². The third-order valence-electron chi connectivity index (χ3n) is 5.20. The molecule has 2 aromatic heterocycles. The van der Waals surface area contributed by atoms with Gasteiger partial charge in [-0.3, -0.25) is 0 Å². The summed E-state index contributed by atoms with van der Waals surface area (Å²) in [7, 11) is 0. The third-order valence-corrected chi connectivity index (χ3v) is 5.20. The van der Waals surface area contributed by atoms with Gasteiger partial charge in [-0.2, -0.15) is 0 Å². The topological polar surface area (TPSA) is 55.6 Å². The Bertz CT molecular complexity index is 917. The molecule has 0 bridgehead atoms. The van der Waals surface area contributed by atoms with Crippen LogP contribution < -0.4 is 5.32 Å². The maximum Gasteiger partial charge on any atom is 0.223 e. The van der Waals surface area contributed by atoms with Crippen molar-refractivity contribution in [2.45, 2.75) is 32.2 Å². The summed E-state index contributed by atoms with van der Waals surface area (Å²) < 4.78 is 28.1. The number of aryl methyl sites for hydroxylation is 1. The Morgan fingerprint density at radius 2 is 1.86 bits per heavy atom. The van der Waals surface area contributed by atoms with Crippen LogP contribution in [0.1, 0.15) is 25.7 Å². The van der Waals surface area contributed by atoms with Gasteiger partial charge in [-0.1, -0.05) is 12.8 Å². The van der Waals surface area contributed by atoms with Crippen molar-refractivity contribution in [2.75, 3.05) is 18.5 Å². The van der Waals surface area contributed by atoms with Crippen molar-refractivity contribution in [1.29, 1.82) is 0 Å². The summed E-state index contributed by atoms with van der Waals surface area (Å²) in [6, 6.07) is 7.91. The lowest BCUT2D eigenvalue weighted by Crippen LogP contribution is -2.13. The predicted octanol–water partition coefficient (Wildman–Crippen LogP) is 4.72. The highest BCUT2D eigenvalue weighted by atomic mass is 19.1. The molecule has 5 nitrogen and oxygen atoms in total. The van der Waals surface area contributed by atoms with Crippen molar-refractivity contribution < 1.29 is 8.78 Å². The molecule has 1 N–H and O–H groups in total. The van der Waals surface area contributed by atoms with Crippen molar-refractivity contribution in [1.82, 2.24) is 19.5 Å². The lowest BCUT2D eigenvalue weighted by molar-refractivity contribution is 0.447. The molecule has 1 fully saturated rings. The van der Waals surface area contributed by atoms with Crippen LogP contribution in [0.2, 0.25) is 0 Å². The molecular weight excluding hydrogens is 360 g/mol. The number of aromatic nitrogens is 4. The quantitative estimate of drug-likeness (QED) is 0.642. The van der Waals surface area contributed by atoms with E-state index >= 15 is 0 Å². The number of benzene rings is 1. The van der Waals surface area contributed by atoms with Crippen LogP contribution in [-0.2, 0) is 6.54 Å². The maximum absolute atomic E-state index is 13.3. The molecule has 1 aliphatic carbocycles. The van der Waals surface area contributed by atoms with Crippen LogP contribution in [0.25, 0.3) is 22.6 Å². The summed E-state index contributed by atoms with van der Waals surface area (Å²) in [6.45, 7) is 0.528. The number of imidazole rings is 1. The first-order valence-corrected chi connectivity index (χ1v) is 9.69. The van der Waals surface area contributed by atoms with Gasteiger partial charge in [0.05, 0.1) is 30.0 Å². The molecule has 7 heteroatoms. The normalized spacial score (nSPS) is 14.5. The third kappa shape index (κ3) is 4.03. The highest BCUT2D eigenvalue weighted by Crippen LogP contribution is 2.31. The number of hydrogen-bond acceptors (Lipinski definition) is 4. The predicted molar refractivity (Wildman–Crippen MR) is 105 cm³/mol. The van der Waals surface area contributed by atoms with Gasteiger partial charge in [-0.15, -0.1) is 0 Å². The first-order valence-electron chi connectivity index (χ1n) is 9.69. The van der Waals surface area contributed by atoms with E-state index in [1.165, 1.54) is 37.8 Å². The average Bonchev–Trinajstić information content (AvgIpc) is 3.38. The Morgan fingerprint density at radius 1 is 1.07 bits per heavy atom. The molecule has 4 rings (SSSR count). The van der Waals surface area contributed by atoms with E-state index in [2.05, 4.69) is 20.3 Å². The van der Waals surface area contributed by atoms with E-state index in [0.29, 0.717) is 28.9 Å². The summed E-state index contributed by atoms with van der Waals surface area (Å²) in [5, 5.41) is 3.33. The van der Waals surface area contributed by atoms with Gasteiger partial charge < -0.3 is 9.88 Å². The van der Waals surface area contributed by atoms with Gasteiger partial charge in [-0.05, 0) is 49.1 Å². The standard InChI is InChI=1S/C21H23F2N5/c22-10-12-28-14-26-19(16-5-7-17(23)8-6-16)20(28)18-9-11-24-21(27-18)25-13-15-3-1-2-4-15/h5-9,11,14-15H,1-4,10,12-13H2,(H,24,25,27). The molecule has 1 saturated carbocycles. The first-order chi connectivity index (χ1) is 13.7. The van der Waals surface area contributed by atoms with Crippen molar-refractivity contribution in [2.24, 2.45) is 5.92 Å². The number of halogens is 2. The molecule has 3 aromatic rings. The number of anilines is 1. The van der Waals surface area contributed by atoms with Gasteiger partial charge in [0, 0.05) is 18.3 Å². The summed E-state index contributed by atoms with van der Waals surface area (Å²) in [5.41, 5.74) is 2.77. The molecule has 0 saturated heterocycles. The van der Waals surface area contributed by atoms with Gasteiger partial charge in [0.2, 0.25) is 5.95 Å². The Balaban J connectivity index is 1.66. The smallest absolute Gasteiger partial charge is 0.223 e. The lowest BCUT2D eigenvalue weighted by Gasteiger charge is -2.12. The minimum absolute atomic E-state index is 0.179. The Morgan fingerprint density at radius 3 is 2.61 bits per heavy atom. The second-order valence-electron chi connectivity index (χ2n) is 7.13. The SMILES string of the molecule is FCCn1cnc(-c2ccc(F)cc2)c1-c1ccnc(NCC2CCCC2)n1. The van der Waals surface area contributed by atoms with Gasteiger partial charge >= 0.3 is 0 Å². The molecule has 0 unspecified atom stereocenters.